The van der Waals surface area contributed by atoms with Crippen LogP contribution in [0.1, 0.15) is 13.8 Å². The number of aliphatic hydroxyl groups is 1. The summed E-state index contributed by atoms with van der Waals surface area (Å²) < 4.78 is 7.36. The summed E-state index contributed by atoms with van der Waals surface area (Å²) in [5.41, 5.74) is 0.904. The van der Waals surface area contributed by atoms with Gasteiger partial charge < -0.3 is 15.2 Å². The van der Waals surface area contributed by atoms with Gasteiger partial charge in [0.15, 0.2) is 0 Å². The van der Waals surface area contributed by atoms with Gasteiger partial charge in [-0.05, 0) is 18.2 Å². The normalized spacial score (nSPS) is 13.1. The average molecular weight is 249 g/mol. The minimum absolute atomic E-state index is 0.268. The van der Waals surface area contributed by atoms with Gasteiger partial charge in [-0.3, -0.25) is 0 Å². The highest BCUT2D eigenvalue weighted by Gasteiger charge is 2.08. The van der Waals surface area contributed by atoms with E-state index in [0.717, 1.165) is 11.3 Å². The first kappa shape index (κ1) is 12.9. The third kappa shape index (κ3) is 3.21. The quantitative estimate of drug-likeness (QED) is 0.804. The van der Waals surface area contributed by atoms with Crippen LogP contribution in [0.25, 0.3) is 5.52 Å². The molecule has 0 fully saturated rings. The molecular formula is C13H19N3O2. The van der Waals surface area contributed by atoms with E-state index in [-0.39, 0.29) is 6.61 Å². The SMILES string of the molecule is CC(C)NCC(O)COc1cccn2nccc12. The van der Waals surface area contributed by atoms with Crippen LogP contribution >= 0.6 is 0 Å². The molecule has 2 heterocycles. The van der Waals surface area contributed by atoms with Crippen LogP contribution in [-0.2, 0) is 0 Å². The predicted molar refractivity (Wildman–Crippen MR) is 69.8 cm³/mol. The standard InChI is InChI=1S/C13H19N3O2/c1-10(2)14-8-11(17)9-18-13-4-3-7-16-12(13)5-6-15-16/h3-7,10-11,14,17H,8-9H2,1-2H3. The molecule has 98 valence electrons. The van der Waals surface area contributed by atoms with E-state index in [4.69, 9.17) is 4.74 Å². The maximum Gasteiger partial charge on any atom is 0.145 e. The van der Waals surface area contributed by atoms with E-state index in [1.54, 1.807) is 10.7 Å². The summed E-state index contributed by atoms with van der Waals surface area (Å²) in [5, 5.41) is 17.1. The number of fused-ring (bicyclic) bond motifs is 1. The van der Waals surface area contributed by atoms with Crippen LogP contribution in [0.15, 0.2) is 30.6 Å². The van der Waals surface area contributed by atoms with E-state index in [1.807, 2.05) is 38.2 Å². The molecule has 1 unspecified atom stereocenters. The Kier molecular flexibility index (Phi) is 4.17. The van der Waals surface area contributed by atoms with Gasteiger partial charge in [0, 0.05) is 18.8 Å². The number of aromatic nitrogens is 2. The van der Waals surface area contributed by atoms with Crippen LogP contribution in [-0.4, -0.2) is 40.0 Å². The Morgan fingerprint density at radius 3 is 3.06 bits per heavy atom. The molecule has 5 nitrogen and oxygen atoms in total. The van der Waals surface area contributed by atoms with Crippen LogP contribution in [0.3, 0.4) is 0 Å². The zero-order valence-corrected chi connectivity index (χ0v) is 10.7. The van der Waals surface area contributed by atoms with Crippen molar-refractivity contribution in [3.63, 3.8) is 0 Å². The van der Waals surface area contributed by atoms with Crippen LogP contribution in [0.2, 0.25) is 0 Å². The van der Waals surface area contributed by atoms with E-state index >= 15 is 0 Å². The zero-order chi connectivity index (χ0) is 13.0. The van der Waals surface area contributed by atoms with Gasteiger partial charge in [0.1, 0.15) is 24.0 Å². The molecule has 1 atom stereocenters. The zero-order valence-electron chi connectivity index (χ0n) is 10.7. The molecule has 0 aliphatic rings. The summed E-state index contributed by atoms with van der Waals surface area (Å²) >= 11 is 0. The van der Waals surface area contributed by atoms with E-state index < -0.39 is 6.10 Å². The second-order valence-electron chi connectivity index (χ2n) is 4.56. The molecule has 2 N–H and O–H groups in total. The number of nitrogens with one attached hydrogen (secondary N) is 1. The first-order chi connectivity index (χ1) is 8.66. The topological polar surface area (TPSA) is 58.8 Å². The molecule has 2 rings (SSSR count). The van der Waals surface area contributed by atoms with Gasteiger partial charge in [0.05, 0.1) is 6.20 Å². The first-order valence-electron chi connectivity index (χ1n) is 6.13. The fourth-order valence-electron chi connectivity index (χ4n) is 1.66. The van der Waals surface area contributed by atoms with E-state index in [1.165, 1.54) is 0 Å². The molecule has 0 aliphatic heterocycles. The number of rotatable bonds is 6. The Hall–Kier alpha value is -1.59. The van der Waals surface area contributed by atoms with Crippen molar-refractivity contribution in [2.24, 2.45) is 0 Å². The number of aliphatic hydroxyl groups excluding tert-OH is 1. The van der Waals surface area contributed by atoms with Gasteiger partial charge in [0.25, 0.3) is 0 Å². The monoisotopic (exact) mass is 249 g/mol. The number of hydrogen-bond donors (Lipinski definition) is 2. The largest absolute Gasteiger partial charge is 0.489 e. The minimum atomic E-state index is -0.518. The predicted octanol–water partition coefficient (Wildman–Crippen LogP) is 1.07. The fourth-order valence-corrected chi connectivity index (χ4v) is 1.66. The van der Waals surface area contributed by atoms with Crippen molar-refractivity contribution in [2.45, 2.75) is 26.0 Å². The summed E-state index contributed by atoms with van der Waals surface area (Å²) in [6, 6.07) is 5.99. The molecular weight excluding hydrogens is 230 g/mol. The molecule has 5 heteroatoms. The van der Waals surface area contributed by atoms with Crippen LogP contribution in [0.4, 0.5) is 0 Å². The van der Waals surface area contributed by atoms with E-state index in [0.29, 0.717) is 12.6 Å². The van der Waals surface area contributed by atoms with Crippen molar-refractivity contribution >= 4 is 5.52 Å². The summed E-state index contributed by atoms with van der Waals surface area (Å²) in [7, 11) is 0. The highest BCUT2D eigenvalue weighted by molar-refractivity contribution is 5.58. The lowest BCUT2D eigenvalue weighted by Crippen LogP contribution is -2.35. The lowest BCUT2D eigenvalue weighted by molar-refractivity contribution is 0.105. The van der Waals surface area contributed by atoms with Gasteiger partial charge in [0.2, 0.25) is 0 Å². The molecule has 0 spiro atoms. The molecule has 0 saturated carbocycles. The summed E-state index contributed by atoms with van der Waals surface area (Å²) in [6.45, 7) is 4.88. The molecule has 0 saturated heterocycles. The van der Waals surface area contributed by atoms with Crippen molar-refractivity contribution in [1.82, 2.24) is 14.9 Å². The van der Waals surface area contributed by atoms with Gasteiger partial charge in [-0.1, -0.05) is 13.8 Å². The highest BCUT2D eigenvalue weighted by atomic mass is 16.5. The van der Waals surface area contributed by atoms with Crippen molar-refractivity contribution < 1.29 is 9.84 Å². The molecule has 0 bridgehead atoms. The van der Waals surface area contributed by atoms with E-state index in [2.05, 4.69) is 10.4 Å². The molecule has 18 heavy (non-hydrogen) atoms. The Morgan fingerprint density at radius 2 is 2.28 bits per heavy atom. The number of ether oxygens (including phenoxy) is 1. The number of hydrogen-bond acceptors (Lipinski definition) is 4. The average Bonchev–Trinajstić information content (AvgIpc) is 2.82. The lowest BCUT2D eigenvalue weighted by atomic mass is 10.3. The van der Waals surface area contributed by atoms with E-state index in [9.17, 15) is 5.11 Å². The van der Waals surface area contributed by atoms with Crippen LogP contribution in [0, 0.1) is 0 Å². The maximum absolute atomic E-state index is 9.77. The second kappa shape index (κ2) is 5.84. The maximum atomic E-state index is 9.77. The van der Waals surface area contributed by atoms with Gasteiger partial charge in [-0.25, -0.2) is 4.52 Å². The van der Waals surface area contributed by atoms with Crippen molar-refractivity contribution in [2.75, 3.05) is 13.2 Å². The molecule has 0 aliphatic carbocycles. The van der Waals surface area contributed by atoms with Gasteiger partial charge >= 0.3 is 0 Å². The molecule has 0 amide bonds. The second-order valence-corrected chi connectivity index (χ2v) is 4.56. The lowest BCUT2D eigenvalue weighted by Gasteiger charge is -2.15. The molecule has 0 radical (unpaired) electrons. The van der Waals surface area contributed by atoms with Crippen molar-refractivity contribution in [3.8, 4) is 5.75 Å². The summed E-state index contributed by atoms with van der Waals surface area (Å²) in [4.78, 5) is 0. The number of pyridine rings is 1. The smallest absolute Gasteiger partial charge is 0.145 e. The Labute approximate surface area is 106 Å². The Balaban J connectivity index is 1.91. The van der Waals surface area contributed by atoms with Gasteiger partial charge in [-0.2, -0.15) is 5.10 Å². The highest BCUT2D eigenvalue weighted by Crippen LogP contribution is 2.18. The van der Waals surface area contributed by atoms with Crippen LogP contribution in [0.5, 0.6) is 5.75 Å². The summed E-state index contributed by atoms with van der Waals surface area (Å²) in [5.74, 6) is 0.735. The molecule has 0 aromatic carbocycles. The Bertz CT molecular complexity index is 496. The third-order valence-electron chi connectivity index (χ3n) is 2.59. The van der Waals surface area contributed by atoms with Gasteiger partial charge in [-0.15, -0.1) is 0 Å². The Morgan fingerprint density at radius 1 is 1.44 bits per heavy atom. The summed E-state index contributed by atoms with van der Waals surface area (Å²) in [6.07, 6.45) is 3.06. The van der Waals surface area contributed by atoms with Crippen molar-refractivity contribution in [3.05, 3.63) is 30.6 Å². The fraction of sp³-hybridized carbons (Fsp3) is 0.462. The minimum Gasteiger partial charge on any atom is -0.489 e. The van der Waals surface area contributed by atoms with Crippen molar-refractivity contribution in [1.29, 1.82) is 0 Å². The first-order valence-corrected chi connectivity index (χ1v) is 6.13. The molecule has 2 aromatic heterocycles. The number of nitrogens with zero attached hydrogens (tertiary/aromatic N) is 2. The third-order valence-corrected chi connectivity index (χ3v) is 2.59. The van der Waals surface area contributed by atoms with Crippen LogP contribution < -0.4 is 10.1 Å². The molecule has 2 aromatic rings.